The van der Waals surface area contributed by atoms with Crippen LogP contribution in [0.2, 0.25) is 0 Å². The normalized spacial score (nSPS) is 12.9. The summed E-state index contributed by atoms with van der Waals surface area (Å²) in [6.07, 6.45) is -0.768. The van der Waals surface area contributed by atoms with Crippen molar-refractivity contribution in [3.05, 3.63) is 65.7 Å². The third kappa shape index (κ3) is 5.27. The molecular formula is C17H16BrNO5. The van der Waals surface area contributed by atoms with Crippen LogP contribution in [-0.4, -0.2) is 28.3 Å². The molecule has 0 bridgehead atoms. The van der Waals surface area contributed by atoms with Crippen molar-refractivity contribution in [3.8, 4) is 5.75 Å². The first-order valence-corrected chi connectivity index (χ1v) is 8.04. The average molecular weight is 394 g/mol. The van der Waals surface area contributed by atoms with Gasteiger partial charge in [-0.15, -0.1) is 0 Å². The van der Waals surface area contributed by atoms with Crippen molar-refractivity contribution in [1.29, 1.82) is 0 Å². The fourth-order valence-corrected chi connectivity index (χ4v) is 2.49. The van der Waals surface area contributed by atoms with Crippen molar-refractivity contribution in [2.24, 2.45) is 0 Å². The molecule has 7 heteroatoms. The molecule has 0 aliphatic rings. The number of carbonyl (C=O) groups excluding carboxylic acids is 1. The number of hydrogen-bond donors (Lipinski definition) is 3. The molecule has 0 aliphatic heterocycles. The lowest BCUT2D eigenvalue weighted by Gasteiger charge is -2.17. The Morgan fingerprint density at radius 3 is 2.29 bits per heavy atom. The number of aromatic hydroxyl groups is 1. The maximum atomic E-state index is 11.9. The summed E-state index contributed by atoms with van der Waals surface area (Å²) in [5.74, 6) is -1.09. The first kappa shape index (κ1) is 17.8. The number of hydrogen-bond acceptors (Lipinski definition) is 4. The van der Waals surface area contributed by atoms with E-state index in [4.69, 9.17) is 4.74 Å². The van der Waals surface area contributed by atoms with Crippen molar-refractivity contribution in [2.45, 2.75) is 17.5 Å². The van der Waals surface area contributed by atoms with Crippen LogP contribution < -0.4 is 5.32 Å². The number of aliphatic carboxylic acids is 1. The zero-order valence-corrected chi connectivity index (χ0v) is 14.1. The summed E-state index contributed by atoms with van der Waals surface area (Å²) >= 11 is 3.23. The first-order valence-electron chi connectivity index (χ1n) is 7.12. The number of amides is 1. The Balaban J connectivity index is 1.95. The zero-order valence-electron chi connectivity index (χ0n) is 12.6. The van der Waals surface area contributed by atoms with Gasteiger partial charge in [-0.05, 0) is 33.6 Å². The molecule has 24 heavy (non-hydrogen) atoms. The number of alkyl carbamates (subject to hydrolysis) is 1. The minimum absolute atomic E-state index is 0.0724. The summed E-state index contributed by atoms with van der Waals surface area (Å²) in [6.45, 7) is 0. The molecular weight excluding hydrogens is 378 g/mol. The van der Waals surface area contributed by atoms with Crippen LogP contribution in [0.1, 0.15) is 16.1 Å². The number of nitrogens with one attached hydrogen (secondary N) is 1. The number of phenols is 1. The van der Waals surface area contributed by atoms with Gasteiger partial charge in [0.25, 0.3) is 0 Å². The van der Waals surface area contributed by atoms with Crippen LogP contribution in [0.25, 0.3) is 0 Å². The van der Waals surface area contributed by atoms with Gasteiger partial charge in [0, 0.05) is 12.0 Å². The van der Waals surface area contributed by atoms with E-state index in [9.17, 15) is 19.8 Å². The minimum Gasteiger partial charge on any atom is -0.508 e. The predicted octanol–water partition coefficient (Wildman–Crippen LogP) is 3.21. The molecule has 0 saturated carbocycles. The number of alkyl halides is 1. The Morgan fingerprint density at radius 1 is 1.08 bits per heavy atom. The van der Waals surface area contributed by atoms with Crippen LogP contribution in [0.3, 0.4) is 0 Å². The fourth-order valence-electron chi connectivity index (χ4n) is 2.01. The highest BCUT2D eigenvalue weighted by Crippen LogP contribution is 2.23. The van der Waals surface area contributed by atoms with E-state index in [2.05, 4.69) is 21.2 Å². The van der Waals surface area contributed by atoms with Crippen molar-refractivity contribution >= 4 is 28.0 Å². The van der Waals surface area contributed by atoms with Gasteiger partial charge in [-0.1, -0.05) is 42.5 Å². The molecule has 0 aliphatic carbocycles. The smallest absolute Gasteiger partial charge is 0.409 e. The maximum Gasteiger partial charge on any atom is 0.409 e. The third-order valence-corrected chi connectivity index (χ3v) is 3.95. The highest BCUT2D eigenvalue weighted by molar-refractivity contribution is 9.09. The minimum atomic E-state index is -1.18. The molecule has 2 atom stereocenters. The number of halogens is 1. The Morgan fingerprint density at radius 2 is 1.71 bits per heavy atom. The molecule has 0 aromatic heterocycles. The van der Waals surface area contributed by atoms with Gasteiger partial charge in [-0.2, -0.15) is 0 Å². The van der Waals surface area contributed by atoms with Crippen molar-refractivity contribution < 1.29 is 24.5 Å². The number of rotatable bonds is 6. The maximum absolute atomic E-state index is 11.9. The van der Waals surface area contributed by atoms with Gasteiger partial charge in [-0.25, -0.2) is 9.59 Å². The van der Waals surface area contributed by atoms with E-state index in [0.29, 0.717) is 5.56 Å². The van der Waals surface area contributed by atoms with Crippen LogP contribution >= 0.6 is 15.9 Å². The molecule has 0 radical (unpaired) electrons. The zero-order chi connectivity index (χ0) is 17.5. The molecule has 2 rings (SSSR count). The molecule has 3 N–H and O–H groups in total. The Labute approximate surface area is 147 Å². The van der Waals surface area contributed by atoms with E-state index in [-0.39, 0.29) is 12.2 Å². The molecule has 0 spiro atoms. The SMILES string of the molecule is O=C(NC(Cc1ccc(O)cc1)C(=O)O)OC(Br)c1ccccc1. The largest absolute Gasteiger partial charge is 0.508 e. The van der Waals surface area contributed by atoms with Crippen molar-refractivity contribution in [1.82, 2.24) is 5.32 Å². The monoisotopic (exact) mass is 393 g/mol. The summed E-state index contributed by atoms with van der Waals surface area (Å²) in [5.41, 5.74) is 1.40. The van der Waals surface area contributed by atoms with Gasteiger partial charge in [-0.3, -0.25) is 0 Å². The predicted molar refractivity (Wildman–Crippen MR) is 91.0 cm³/mol. The second-order valence-corrected chi connectivity index (χ2v) is 5.87. The van der Waals surface area contributed by atoms with E-state index in [1.165, 1.54) is 12.1 Å². The lowest BCUT2D eigenvalue weighted by molar-refractivity contribution is -0.139. The number of phenolic OH excluding ortho intramolecular Hbond substituents is 1. The molecule has 126 valence electrons. The Hall–Kier alpha value is -2.54. The summed E-state index contributed by atoms with van der Waals surface area (Å²) < 4.78 is 5.14. The number of carbonyl (C=O) groups is 2. The highest BCUT2D eigenvalue weighted by atomic mass is 79.9. The molecule has 2 aromatic rings. The molecule has 2 unspecified atom stereocenters. The fraction of sp³-hybridized carbons (Fsp3) is 0.176. The van der Waals surface area contributed by atoms with Gasteiger partial charge in [0.1, 0.15) is 11.8 Å². The summed E-state index contributed by atoms with van der Waals surface area (Å²) in [4.78, 5) is 23.2. The quantitative estimate of drug-likeness (QED) is 0.654. The van der Waals surface area contributed by atoms with Gasteiger partial charge >= 0.3 is 12.1 Å². The van der Waals surface area contributed by atoms with Gasteiger partial charge in [0.05, 0.1) is 0 Å². The van der Waals surface area contributed by atoms with Gasteiger partial charge in [0.15, 0.2) is 5.01 Å². The summed E-state index contributed by atoms with van der Waals surface area (Å²) in [7, 11) is 0. The number of carboxylic acid groups (broad SMARTS) is 1. The first-order chi connectivity index (χ1) is 11.5. The lowest BCUT2D eigenvalue weighted by atomic mass is 10.1. The van der Waals surface area contributed by atoms with E-state index < -0.39 is 23.1 Å². The van der Waals surface area contributed by atoms with E-state index >= 15 is 0 Å². The summed E-state index contributed by atoms with van der Waals surface area (Å²) in [5, 5.41) is 20.1. The number of ether oxygens (including phenoxy) is 1. The lowest BCUT2D eigenvalue weighted by Crippen LogP contribution is -2.42. The Kier molecular flexibility index (Phi) is 6.20. The standard InChI is InChI=1S/C17H16BrNO5/c18-15(12-4-2-1-3-5-12)24-17(23)19-14(16(21)22)10-11-6-8-13(20)9-7-11/h1-9,14-15,20H,10H2,(H,19,23)(H,21,22). The summed E-state index contributed by atoms with van der Waals surface area (Å²) in [6, 6.07) is 13.9. The topological polar surface area (TPSA) is 95.9 Å². The van der Waals surface area contributed by atoms with E-state index in [1.54, 1.807) is 36.4 Å². The van der Waals surface area contributed by atoms with Crippen molar-refractivity contribution in [3.63, 3.8) is 0 Å². The molecule has 2 aromatic carbocycles. The molecule has 1 amide bonds. The third-order valence-electron chi connectivity index (χ3n) is 3.24. The Bertz CT molecular complexity index is 690. The van der Waals surface area contributed by atoms with Crippen LogP contribution in [0, 0.1) is 0 Å². The van der Waals surface area contributed by atoms with Gasteiger partial charge < -0.3 is 20.3 Å². The highest BCUT2D eigenvalue weighted by Gasteiger charge is 2.23. The average Bonchev–Trinajstić information content (AvgIpc) is 2.56. The van der Waals surface area contributed by atoms with E-state index in [0.717, 1.165) is 5.56 Å². The number of benzene rings is 2. The van der Waals surface area contributed by atoms with Crippen molar-refractivity contribution in [2.75, 3.05) is 0 Å². The second-order valence-electron chi connectivity index (χ2n) is 5.04. The molecule has 6 nitrogen and oxygen atoms in total. The second kappa shape index (κ2) is 8.35. The van der Waals surface area contributed by atoms with Crippen LogP contribution in [0.15, 0.2) is 54.6 Å². The molecule has 0 heterocycles. The van der Waals surface area contributed by atoms with Crippen LogP contribution in [0.5, 0.6) is 5.75 Å². The number of carboxylic acids is 1. The molecule has 0 saturated heterocycles. The molecule has 0 fully saturated rings. The van der Waals surface area contributed by atoms with Crippen LogP contribution in [-0.2, 0) is 16.0 Å². The van der Waals surface area contributed by atoms with Crippen LogP contribution in [0.4, 0.5) is 4.79 Å². The van der Waals surface area contributed by atoms with E-state index in [1.807, 2.05) is 6.07 Å². The van der Waals surface area contributed by atoms with Gasteiger partial charge in [0.2, 0.25) is 0 Å².